The predicted octanol–water partition coefficient (Wildman–Crippen LogP) is 1.84. The van der Waals surface area contributed by atoms with Crippen molar-refractivity contribution in [3.63, 3.8) is 0 Å². The van der Waals surface area contributed by atoms with Crippen molar-refractivity contribution in [1.82, 2.24) is 0 Å². The monoisotopic (exact) mass is 174 g/mol. The Morgan fingerprint density at radius 2 is 2.17 bits per heavy atom. The number of halogens is 3. The molecule has 2 nitrogen and oxygen atoms in total. The molecular weight excluding hydrogens is 169 g/mol. The molecule has 1 rings (SSSR count). The fourth-order valence-corrected chi connectivity index (χ4v) is 0.920. The smallest absolute Gasteiger partial charge is 0.292 e. The molecule has 0 amide bonds. The van der Waals surface area contributed by atoms with E-state index in [0.717, 1.165) is 0 Å². The van der Waals surface area contributed by atoms with E-state index >= 15 is 0 Å². The first-order valence-corrected chi connectivity index (χ1v) is 3.23. The van der Waals surface area contributed by atoms with E-state index in [0.29, 0.717) is 0 Å². The molecule has 0 aromatic rings. The average Bonchev–Trinajstić information content (AvgIpc) is 2.03. The zero-order chi connectivity index (χ0) is 9.19. The quantitative estimate of drug-likeness (QED) is 0.552. The van der Waals surface area contributed by atoms with E-state index < -0.39 is 11.7 Å². The van der Waals surface area contributed by atoms with Crippen LogP contribution in [-0.4, -0.2) is 18.9 Å². The number of nitriles is 1. The van der Waals surface area contributed by atoms with Gasteiger partial charge in [0.1, 0.15) is 0 Å². The Morgan fingerprint density at radius 3 is 2.58 bits per heavy atom. The van der Waals surface area contributed by atoms with E-state index in [2.05, 4.69) is 4.99 Å². The number of rotatable bonds is 0. The van der Waals surface area contributed by atoms with Crippen molar-refractivity contribution in [1.29, 1.82) is 5.26 Å². The number of allylic oxidation sites excluding steroid dienone is 1. The Hall–Kier alpha value is -1.31. The summed E-state index contributed by atoms with van der Waals surface area (Å²) in [5.74, 6) is 0. The molecule has 0 radical (unpaired) electrons. The van der Waals surface area contributed by atoms with E-state index in [1.807, 2.05) is 0 Å². The van der Waals surface area contributed by atoms with Crippen molar-refractivity contribution in [3.05, 3.63) is 11.1 Å². The summed E-state index contributed by atoms with van der Waals surface area (Å²) in [6, 6.07) is 1.51. The summed E-state index contributed by atoms with van der Waals surface area (Å²) in [6.07, 6.45) is -3.49. The van der Waals surface area contributed by atoms with Crippen LogP contribution in [0.3, 0.4) is 0 Å². The van der Waals surface area contributed by atoms with Crippen LogP contribution >= 0.6 is 0 Å². The van der Waals surface area contributed by atoms with E-state index in [-0.39, 0.29) is 18.5 Å². The van der Waals surface area contributed by atoms with Gasteiger partial charge in [-0.2, -0.15) is 18.4 Å². The third-order valence-corrected chi connectivity index (χ3v) is 1.52. The van der Waals surface area contributed by atoms with Crippen molar-refractivity contribution in [2.45, 2.75) is 12.6 Å². The lowest BCUT2D eigenvalue weighted by molar-refractivity contribution is -0.0932. The third kappa shape index (κ3) is 1.64. The summed E-state index contributed by atoms with van der Waals surface area (Å²) >= 11 is 0. The van der Waals surface area contributed by atoms with Crippen molar-refractivity contribution in [2.75, 3.05) is 6.54 Å². The van der Waals surface area contributed by atoms with E-state index in [9.17, 15) is 13.2 Å². The molecule has 0 aromatic heterocycles. The molecule has 0 saturated carbocycles. The molecule has 0 saturated heterocycles. The van der Waals surface area contributed by atoms with Gasteiger partial charge in [0.05, 0.1) is 23.8 Å². The molecule has 5 heteroatoms. The van der Waals surface area contributed by atoms with Crippen molar-refractivity contribution < 1.29 is 13.2 Å². The highest BCUT2D eigenvalue weighted by atomic mass is 19.4. The molecule has 0 fully saturated rings. The maximum Gasteiger partial charge on any atom is 0.414 e. The molecule has 0 unspecified atom stereocenters. The van der Waals surface area contributed by atoms with Gasteiger partial charge in [0.15, 0.2) is 0 Å². The van der Waals surface area contributed by atoms with E-state index in [1.54, 1.807) is 0 Å². The molecule has 1 aliphatic rings. The molecule has 1 aliphatic heterocycles. The van der Waals surface area contributed by atoms with Gasteiger partial charge in [-0.05, 0) is 0 Å². The standard InChI is InChI=1S/C7H5F3N2/c8-7(9,10)6-1-2-12-4-5(6)3-11/h2H,1,4H2. The number of hydrogen-bond donors (Lipinski definition) is 0. The summed E-state index contributed by atoms with van der Waals surface area (Å²) in [5.41, 5.74) is -1.04. The van der Waals surface area contributed by atoms with Gasteiger partial charge < -0.3 is 0 Å². The molecular formula is C7H5F3N2. The SMILES string of the molecule is N#CC1=C(C(F)(F)F)CC=NC1. The Labute approximate surface area is 67.0 Å². The van der Waals surface area contributed by atoms with Crippen LogP contribution in [0.25, 0.3) is 0 Å². The van der Waals surface area contributed by atoms with Gasteiger partial charge >= 0.3 is 6.18 Å². The van der Waals surface area contributed by atoms with Crippen LogP contribution in [0.1, 0.15) is 6.42 Å². The largest absolute Gasteiger partial charge is 0.414 e. The fraction of sp³-hybridized carbons (Fsp3) is 0.429. The molecule has 0 bridgehead atoms. The van der Waals surface area contributed by atoms with Crippen LogP contribution in [-0.2, 0) is 0 Å². The number of alkyl halides is 3. The lowest BCUT2D eigenvalue weighted by atomic mass is 10.0. The van der Waals surface area contributed by atoms with Crippen LogP contribution in [0.15, 0.2) is 16.1 Å². The topological polar surface area (TPSA) is 36.1 Å². The molecule has 0 atom stereocenters. The van der Waals surface area contributed by atoms with Gasteiger partial charge in [0.2, 0.25) is 0 Å². The fourth-order valence-electron chi connectivity index (χ4n) is 0.920. The Kier molecular flexibility index (Phi) is 2.18. The lowest BCUT2D eigenvalue weighted by Gasteiger charge is -2.13. The summed E-state index contributed by atoms with van der Waals surface area (Å²) in [7, 11) is 0. The summed E-state index contributed by atoms with van der Waals surface area (Å²) in [5, 5.41) is 8.34. The first-order chi connectivity index (χ1) is 5.55. The highest BCUT2D eigenvalue weighted by Crippen LogP contribution is 2.31. The number of hydrogen-bond acceptors (Lipinski definition) is 2. The summed E-state index contributed by atoms with van der Waals surface area (Å²) in [4.78, 5) is 3.59. The van der Waals surface area contributed by atoms with Gasteiger partial charge in [0, 0.05) is 12.6 Å². The second kappa shape index (κ2) is 2.97. The molecule has 12 heavy (non-hydrogen) atoms. The van der Waals surface area contributed by atoms with E-state index in [1.165, 1.54) is 12.3 Å². The van der Waals surface area contributed by atoms with Crippen molar-refractivity contribution >= 4 is 6.21 Å². The van der Waals surface area contributed by atoms with Crippen LogP contribution in [0, 0.1) is 11.3 Å². The van der Waals surface area contributed by atoms with Crippen LogP contribution < -0.4 is 0 Å². The molecule has 0 spiro atoms. The van der Waals surface area contributed by atoms with Gasteiger partial charge in [0.25, 0.3) is 0 Å². The third-order valence-electron chi connectivity index (χ3n) is 1.52. The first kappa shape index (κ1) is 8.78. The summed E-state index contributed by atoms with van der Waals surface area (Å²) < 4.78 is 36.3. The molecule has 0 aliphatic carbocycles. The lowest BCUT2D eigenvalue weighted by Crippen LogP contribution is -2.17. The van der Waals surface area contributed by atoms with Crippen molar-refractivity contribution in [3.8, 4) is 6.07 Å². The van der Waals surface area contributed by atoms with E-state index in [4.69, 9.17) is 5.26 Å². The average molecular weight is 174 g/mol. The minimum Gasteiger partial charge on any atom is -0.292 e. The maximum absolute atomic E-state index is 12.1. The molecule has 1 heterocycles. The minimum atomic E-state index is -4.39. The van der Waals surface area contributed by atoms with Crippen LogP contribution in [0.2, 0.25) is 0 Å². The second-order valence-corrected chi connectivity index (χ2v) is 2.29. The van der Waals surface area contributed by atoms with Crippen LogP contribution in [0.4, 0.5) is 13.2 Å². The second-order valence-electron chi connectivity index (χ2n) is 2.29. The Bertz CT molecular complexity index is 280. The number of nitrogens with zero attached hydrogens (tertiary/aromatic N) is 2. The molecule has 0 N–H and O–H groups in total. The summed E-state index contributed by atoms with van der Waals surface area (Å²) in [6.45, 7) is -0.147. The predicted molar refractivity (Wildman–Crippen MR) is 36.7 cm³/mol. The van der Waals surface area contributed by atoms with Gasteiger partial charge in [-0.25, -0.2) is 0 Å². The Morgan fingerprint density at radius 1 is 1.50 bits per heavy atom. The minimum absolute atomic E-state index is 0.147. The first-order valence-electron chi connectivity index (χ1n) is 3.23. The van der Waals surface area contributed by atoms with Gasteiger partial charge in [-0.3, -0.25) is 4.99 Å². The molecule has 64 valence electrons. The highest BCUT2D eigenvalue weighted by molar-refractivity contribution is 5.65. The molecule has 0 aromatic carbocycles. The van der Waals surface area contributed by atoms with Crippen LogP contribution in [0.5, 0.6) is 0 Å². The Balaban J connectivity index is 3.00. The normalized spacial score (nSPS) is 17.8. The number of aliphatic imine (C=N–C) groups is 1. The maximum atomic E-state index is 12.1. The zero-order valence-electron chi connectivity index (χ0n) is 6.02. The zero-order valence-corrected chi connectivity index (χ0v) is 6.02. The number of dihydropyridines is 1. The highest BCUT2D eigenvalue weighted by Gasteiger charge is 2.36. The van der Waals surface area contributed by atoms with Crippen molar-refractivity contribution in [2.24, 2.45) is 4.99 Å². The van der Waals surface area contributed by atoms with Gasteiger partial charge in [-0.1, -0.05) is 0 Å². The van der Waals surface area contributed by atoms with Gasteiger partial charge in [-0.15, -0.1) is 0 Å².